The Bertz CT molecular complexity index is 564. The fourth-order valence-corrected chi connectivity index (χ4v) is 3.05. The van der Waals surface area contributed by atoms with Gasteiger partial charge in [0.2, 0.25) is 0 Å². The van der Waals surface area contributed by atoms with Crippen molar-refractivity contribution in [3.63, 3.8) is 0 Å². The summed E-state index contributed by atoms with van der Waals surface area (Å²) in [6, 6.07) is 5.41. The molecule has 1 saturated carbocycles. The second-order valence-corrected chi connectivity index (χ2v) is 6.09. The Hall–Kier alpha value is -2.24. The van der Waals surface area contributed by atoms with E-state index in [0.29, 0.717) is 5.56 Å². The first kappa shape index (κ1) is 18.1. The van der Waals surface area contributed by atoms with E-state index in [9.17, 15) is 9.90 Å². The van der Waals surface area contributed by atoms with Crippen molar-refractivity contribution in [2.75, 3.05) is 18.0 Å². The van der Waals surface area contributed by atoms with Crippen molar-refractivity contribution in [2.45, 2.75) is 52.0 Å². The van der Waals surface area contributed by atoms with Crippen molar-refractivity contribution in [1.82, 2.24) is 10.7 Å². The van der Waals surface area contributed by atoms with Gasteiger partial charge < -0.3 is 15.3 Å². The number of anilines is 1. The summed E-state index contributed by atoms with van der Waals surface area (Å²) < 4.78 is 0. The highest BCUT2D eigenvalue weighted by Gasteiger charge is 2.15. The summed E-state index contributed by atoms with van der Waals surface area (Å²) in [5, 5.41) is 17.0. The van der Waals surface area contributed by atoms with Crippen molar-refractivity contribution in [3.05, 3.63) is 23.8 Å². The molecule has 0 saturated heterocycles. The number of hydrogen-bond donors (Lipinski definition) is 3. The molecule has 0 unspecified atom stereocenters. The van der Waals surface area contributed by atoms with Crippen LogP contribution in [0.1, 0.15) is 51.5 Å². The highest BCUT2D eigenvalue weighted by atomic mass is 16.3. The molecule has 0 atom stereocenters. The number of hydrazone groups is 1. The molecule has 1 fully saturated rings. The smallest absolute Gasteiger partial charge is 0.335 e. The largest absolute Gasteiger partial charge is 0.507 e. The number of rotatable bonds is 6. The SMILES string of the molecule is CCN(CC)c1ccc(C=NNC(=O)NC2CCCCC2)c(O)c1. The molecule has 2 amide bonds. The lowest BCUT2D eigenvalue weighted by molar-refractivity contribution is 0.233. The zero-order chi connectivity index (χ0) is 17.4. The highest BCUT2D eigenvalue weighted by molar-refractivity contribution is 5.85. The van der Waals surface area contributed by atoms with Gasteiger partial charge in [-0.2, -0.15) is 5.10 Å². The second-order valence-electron chi connectivity index (χ2n) is 6.09. The van der Waals surface area contributed by atoms with Crippen molar-refractivity contribution in [2.24, 2.45) is 5.10 Å². The van der Waals surface area contributed by atoms with E-state index in [2.05, 4.69) is 34.6 Å². The van der Waals surface area contributed by atoms with Gasteiger partial charge in [-0.25, -0.2) is 10.2 Å². The Balaban J connectivity index is 1.88. The van der Waals surface area contributed by atoms with Crippen LogP contribution in [0.4, 0.5) is 10.5 Å². The molecule has 1 aliphatic carbocycles. The number of phenolic OH excluding ortho intramolecular Hbond substituents is 1. The zero-order valence-corrected chi connectivity index (χ0v) is 14.6. The Labute approximate surface area is 143 Å². The minimum Gasteiger partial charge on any atom is -0.507 e. The van der Waals surface area contributed by atoms with Crippen LogP contribution in [-0.4, -0.2) is 36.5 Å². The number of nitrogens with zero attached hydrogens (tertiary/aromatic N) is 2. The van der Waals surface area contributed by atoms with Crippen LogP contribution in [0.15, 0.2) is 23.3 Å². The Morgan fingerprint density at radius 2 is 2.00 bits per heavy atom. The summed E-state index contributed by atoms with van der Waals surface area (Å²) in [6.45, 7) is 5.91. The lowest BCUT2D eigenvalue weighted by Gasteiger charge is -2.22. The van der Waals surface area contributed by atoms with Crippen molar-refractivity contribution in [1.29, 1.82) is 0 Å². The third kappa shape index (κ3) is 5.15. The predicted octanol–water partition coefficient (Wildman–Crippen LogP) is 3.20. The monoisotopic (exact) mass is 332 g/mol. The van der Waals surface area contributed by atoms with Crippen LogP contribution >= 0.6 is 0 Å². The average molecular weight is 332 g/mol. The second kappa shape index (κ2) is 9.15. The van der Waals surface area contributed by atoms with Gasteiger partial charge in [-0.05, 0) is 38.8 Å². The highest BCUT2D eigenvalue weighted by Crippen LogP contribution is 2.23. The standard InChI is InChI=1S/C18H28N4O2/c1-3-22(4-2)16-11-10-14(17(23)12-16)13-19-21-18(24)20-15-8-6-5-7-9-15/h10-13,15,23H,3-9H2,1-2H3,(H2,20,21,24). The van der Waals surface area contributed by atoms with Gasteiger partial charge in [0.1, 0.15) is 5.75 Å². The van der Waals surface area contributed by atoms with E-state index >= 15 is 0 Å². The minimum atomic E-state index is -0.294. The summed E-state index contributed by atoms with van der Waals surface area (Å²) >= 11 is 0. The predicted molar refractivity (Wildman–Crippen MR) is 97.8 cm³/mol. The molecule has 24 heavy (non-hydrogen) atoms. The van der Waals surface area contributed by atoms with Gasteiger partial charge in [-0.1, -0.05) is 19.3 Å². The van der Waals surface area contributed by atoms with Crippen LogP contribution in [0.5, 0.6) is 5.75 Å². The van der Waals surface area contributed by atoms with E-state index in [1.165, 1.54) is 25.5 Å². The average Bonchev–Trinajstić information content (AvgIpc) is 2.59. The number of phenols is 1. The third-order valence-corrected chi connectivity index (χ3v) is 4.45. The lowest BCUT2D eigenvalue weighted by atomic mass is 9.96. The van der Waals surface area contributed by atoms with Crippen LogP contribution in [-0.2, 0) is 0 Å². The van der Waals surface area contributed by atoms with Gasteiger partial charge >= 0.3 is 6.03 Å². The van der Waals surface area contributed by atoms with Crippen LogP contribution in [0.2, 0.25) is 0 Å². The van der Waals surface area contributed by atoms with Gasteiger partial charge in [0, 0.05) is 36.4 Å². The summed E-state index contributed by atoms with van der Waals surface area (Å²) in [4.78, 5) is 14.0. The van der Waals surface area contributed by atoms with Gasteiger partial charge in [0.25, 0.3) is 0 Å². The van der Waals surface area contributed by atoms with Crippen molar-refractivity contribution in [3.8, 4) is 5.75 Å². The minimum absolute atomic E-state index is 0.151. The van der Waals surface area contributed by atoms with Crippen LogP contribution < -0.4 is 15.6 Å². The summed E-state index contributed by atoms with van der Waals surface area (Å²) in [5.74, 6) is 0.151. The molecule has 0 aliphatic heterocycles. The first-order valence-corrected chi connectivity index (χ1v) is 8.81. The molecule has 132 valence electrons. The number of amides is 2. The number of carbonyl (C=O) groups excluding carboxylic acids is 1. The Kier molecular flexibility index (Phi) is 6.90. The first-order valence-electron chi connectivity index (χ1n) is 8.81. The van der Waals surface area contributed by atoms with E-state index in [1.807, 2.05) is 6.07 Å². The molecule has 3 N–H and O–H groups in total. The van der Waals surface area contributed by atoms with E-state index < -0.39 is 0 Å². The van der Waals surface area contributed by atoms with Gasteiger partial charge in [-0.15, -0.1) is 0 Å². The van der Waals surface area contributed by atoms with Crippen molar-refractivity contribution < 1.29 is 9.90 Å². The first-order chi connectivity index (χ1) is 11.6. The Morgan fingerprint density at radius 1 is 1.29 bits per heavy atom. The summed E-state index contributed by atoms with van der Waals surface area (Å²) in [5.41, 5.74) is 4.01. The maximum atomic E-state index is 11.8. The molecule has 1 aliphatic rings. The van der Waals surface area contributed by atoms with E-state index in [4.69, 9.17) is 0 Å². The molecule has 1 aromatic rings. The molecule has 0 heterocycles. The maximum Gasteiger partial charge on any atom is 0.335 e. The van der Waals surface area contributed by atoms with Crippen LogP contribution in [0.25, 0.3) is 0 Å². The number of urea groups is 1. The van der Waals surface area contributed by atoms with E-state index in [-0.39, 0.29) is 17.8 Å². The van der Waals surface area contributed by atoms with E-state index in [1.54, 1.807) is 12.1 Å². The van der Waals surface area contributed by atoms with Crippen molar-refractivity contribution >= 4 is 17.9 Å². The fraction of sp³-hybridized carbons (Fsp3) is 0.556. The molecule has 2 rings (SSSR count). The maximum absolute atomic E-state index is 11.8. The lowest BCUT2D eigenvalue weighted by Crippen LogP contribution is -2.41. The molecule has 0 aromatic heterocycles. The van der Waals surface area contributed by atoms with Crippen LogP contribution in [0.3, 0.4) is 0 Å². The Morgan fingerprint density at radius 3 is 2.62 bits per heavy atom. The molecule has 6 nitrogen and oxygen atoms in total. The number of hydrogen-bond acceptors (Lipinski definition) is 4. The molecular weight excluding hydrogens is 304 g/mol. The summed E-state index contributed by atoms with van der Waals surface area (Å²) in [6.07, 6.45) is 7.11. The number of nitrogens with one attached hydrogen (secondary N) is 2. The molecule has 6 heteroatoms. The number of carbonyl (C=O) groups is 1. The van der Waals surface area contributed by atoms with Gasteiger partial charge in [-0.3, -0.25) is 0 Å². The van der Waals surface area contributed by atoms with E-state index in [0.717, 1.165) is 31.6 Å². The van der Waals surface area contributed by atoms with Gasteiger partial charge in [0.05, 0.1) is 6.21 Å². The quantitative estimate of drug-likeness (QED) is 0.553. The molecule has 1 aromatic carbocycles. The normalized spacial score (nSPS) is 15.4. The molecule has 0 spiro atoms. The zero-order valence-electron chi connectivity index (χ0n) is 14.6. The summed E-state index contributed by atoms with van der Waals surface area (Å²) in [7, 11) is 0. The number of benzene rings is 1. The molecule has 0 radical (unpaired) electrons. The van der Waals surface area contributed by atoms with Gasteiger partial charge in [0.15, 0.2) is 0 Å². The number of aromatic hydroxyl groups is 1. The third-order valence-electron chi connectivity index (χ3n) is 4.45. The topological polar surface area (TPSA) is 77.0 Å². The van der Waals surface area contributed by atoms with Crippen LogP contribution in [0, 0.1) is 0 Å². The fourth-order valence-electron chi connectivity index (χ4n) is 3.05. The molecule has 0 bridgehead atoms. The molecular formula is C18H28N4O2.